The highest BCUT2D eigenvalue weighted by Gasteiger charge is 2.23. The number of nitrogens with one attached hydrogen (secondary N) is 1. The van der Waals surface area contributed by atoms with E-state index in [-0.39, 0.29) is 24.9 Å². The van der Waals surface area contributed by atoms with Crippen LogP contribution in [-0.4, -0.2) is 50.0 Å². The molecule has 2 heterocycles. The van der Waals surface area contributed by atoms with Gasteiger partial charge in [-0.25, -0.2) is 0 Å². The van der Waals surface area contributed by atoms with Gasteiger partial charge in [0.1, 0.15) is 5.75 Å². The van der Waals surface area contributed by atoms with E-state index in [1.807, 2.05) is 24.3 Å². The number of nitrogens with zero attached hydrogens (tertiary/aromatic N) is 3. The highest BCUT2D eigenvalue weighted by Crippen LogP contribution is 2.25. The van der Waals surface area contributed by atoms with Crippen molar-refractivity contribution in [2.24, 2.45) is 0 Å². The summed E-state index contributed by atoms with van der Waals surface area (Å²) in [6.07, 6.45) is 2.54. The first-order chi connectivity index (χ1) is 18.1. The monoisotopic (exact) mass is 498 g/mol. The molecule has 7 nitrogen and oxygen atoms in total. The minimum Gasteiger partial charge on any atom is -0.497 e. The summed E-state index contributed by atoms with van der Waals surface area (Å²) in [6.45, 7) is 4.39. The SMILES string of the molecule is COc1cccc(CN(Cc2ccc(N3CCCC3)cc2)c2ccc(CN3CC(=O)NCC3=O)cc2)c1. The molecule has 0 atom stereocenters. The van der Waals surface area contributed by atoms with Crippen LogP contribution in [0.1, 0.15) is 29.5 Å². The molecule has 1 N–H and O–H groups in total. The van der Waals surface area contributed by atoms with Crippen molar-refractivity contribution in [1.29, 1.82) is 0 Å². The maximum atomic E-state index is 12.2. The first-order valence-corrected chi connectivity index (χ1v) is 12.9. The lowest BCUT2D eigenvalue weighted by Gasteiger charge is -2.28. The van der Waals surface area contributed by atoms with Gasteiger partial charge in [-0.15, -0.1) is 0 Å². The van der Waals surface area contributed by atoms with E-state index in [4.69, 9.17) is 4.74 Å². The number of ether oxygens (including phenoxy) is 1. The lowest BCUT2D eigenvalue weighted by atomic mass is 10.1. The van der Waals surface area contributed by atoms with Crippen molar-refractivity contribution in [2.45, 2.75) is 32.5 Å². The second-order valence-corrected chi connectivity index (χ2v) is 9.76. The molecule has 2 aliphatic heterocycles. The van der Waals surface area contributed by atoms with E-state index in [1.54, 1.807) is 12.0 Å². The van der Waals surface area contributed by atoms with Crippen molar-refractivity contribution in [3.8, 4) is 5.75 Å². The van der Waals surface area contributed by atoms with Gasteiger partial charge in [0.25, 0.3) is 0 Å². The summed E-state index contributed by atoms with van der Waals surface area (Å²) in [4.78, 5) is 30.3. The summed E-state index contributed by atoms with van der Waals surface area (Å²) in [5.74, 6) is 0.676. The summed E-state index contributed by atoms with van der Waals surface area (Å²) in [5.41, 5.74) is 5.81. The molecule has 2 saturated heterocycles. The van der Waals surface area contributed by atoms with Crippen LogP contribution in [-0.2, 0) is 29.2 Å². The molecular weight excluding hydrogens is 464 g/mol. The van der Waals surface area contributed by atoms with Crippen LogP contribution >= 0.6 is 0 Å². The predicted octanol–water partition coefficient (Wildman–Crippen LogP) is 3.96. The number of carbonyl (C=O) groups is 2. The van der Waals surface area contributed by atoms with Crippen molar-refractivity contribution in [3.05, 3.63) is 89.5 Å². The Morgan fingerprint density at radius 3 is 2.30 bits per heavy atom. The van der Waals surface area contributed by atoms with Crippen LogP contribution < -0.4 is 19.9 Å². The van der Waals surface area contributed by atoms with E-state index in [0.717, 1.165) is 43.2 Å². The van der Waals surface area contributed by atoms with Gasteiger partial charge in [0.15, 0.2) is 0 Å². The van der Waals surface area contributed by atoms with E-state index in [1.165, 1.54) is 29.7 Å². The first-order valence-electron chi connectivity index (χ1n) is 12.9. The van der Waals surface area contributed by atoms with Crippen molar-refractivity contribution in [1.82, 2.24) is 10.2 Å². The fourth-order valence-electron chi connectivity index (χ4n) is 5.02. The molecule has 0 aromatic heterocycles. The second-order valence-electron chi connectivity index (χ2n) is 9.76. The third kappa shape index (κ3) is 6.23. The second kappa shape index (κ2) is 11.4. The third-order valence-corrected chi connectivity index (χ3v) is 7.09. The fourth-order valence-corrected chi connectivity index (χ4v) is 5.02. The lowest BCUT2D eigenvalue weighted by Crippen LogP contribution is -2.50. The van der Waals surface area contributed by atoms with E-state index in [0.29, 0.717) is 6.54 Å². The molecule has 2 amide bonds. The maximum absolute atomic E-state index is 12.2. The number of benzene rings is 3. The van der Waals surface area contributed by atoms with Gasteiger partial charge in [0.05, 0.1) is 20.2 Å². The predicted molar refractivity (Wildman–Crippen MR) is 146 cm³/mol. The quantitative estimate of drug-likeness (QED) is 0.484. The highest BCUT2D eigenvalue weighted by molar-refractivity contribution is 5.92. The minimum atomic E-state index is -0.114. The van der Waals surface area contributed by atoms with Crippen LogP contribution in [0.25, 0.3) is 0 Å². The van der Waals surface area contributed by atoms with Gasteiger partial charge in [-0.1, -0.05) is 36.4 Å². The normalized spacial score (nSPS) is 15.6. The molecule has 3 aromatic carbocycles. The number of rotatable bonds is 9. The van der Waals surface area contributed by atoms with Gasteiger partial charge in [0.2, 0.25) is 11.8 Å². The first kappa shape index (κ1) is 24.7. The van der Waals surface area contributed by atoms with Crippen LogP contribution in [0.2, 0.25) is 0 Å². The molecular formula is C30H34N4O3. The van der Waals surface area contributed by atoms with E-state index in [9.17, 15) is 9.59 Å². The molecule has 0 radical (unpaired) electrons. The number of methoxy groups -OCH3 is 1. The molecule has 2 aliphatic rings. The molecule has 2 fully saturated rings. The molecule has 37 heavy (non-hydrogen) atoms. The number of carbonyl (C=O) groups excluding carboxylic acids is 2. The minimum absolute atomic E-state index is 0.0549. The van der Waals surface area contributed by atoms with E-state index in [2.05, 4.69) is 63.6 Å². The Hall–Kier alpha value is -4.00. The smallest absolute Gasteiger partial charge is 0.242 e. The van der Waals surface area contributed by atoms with Crippen molar-refractivity contribution in [3.63, 3.8) is 0 Å². The standard InChI is InChI=1S/C30H34N4O3/c1-37-28-6-4-5-25(17-28)21-33(19-23-7-11-26(12-8-23)32-15-2-3-16-32)27-13-9-24(10-14-27)20-34-22-29(35)31-18-30(34)36/h4-14,17H,2-3,15-16,18-22H2,1H3,(H,31,35). The number of hydrogen-bond donors (Lipinski definition) is 1. The van der Waals surface area contributed by atoms with Crippen LogP contribution in [0.5, 0.6) is 5.75 Å². The number of amides is 2. The van der Waals surface area contributed by atoms with Crippen molar-refractivity contribution in [2.75, 3.05) is 43.1 Å². The average Bonchev–Trinajstić information content (AvgIpc) is 3.47. The molecule has 7 heteroatoms. The Kier molecular flexibility index (Phi) is 7.59. The van der Waals surface area contributed by atoms with Gasteiger partial charge in [-0.05, 0) is 65.9 Å². The molecule has 0 bridgehead atoms. The van der Waals surface area contributed by atoms with Gasteiger partial charge in [0, 0.05) is 44.1 Å². The number of piperazine rings is 1. The summed E-state index contributed by atoms with van der Waals surface area (Å²) in [6, 6.07) is 25.4. The van der Waals surface area contributed by atoms with Gasteiger partial charge < -0.3 is 24.8 Å². The van der Waals surface area contributed by atoms with Crippen molar-refractivity contribution < 1.29 is 14.3 Å². The zero-order valence-electron chi connectivity index (χ0n) is 21.4. The summed E-state index contributed by atoms with van der Waals surface area (Å²) >= 11 is 0. The molecule has 0 saturated carbocycles. The molecule has 0 spiro atoms. The Bertz CT molecular complexity index is 1220. The van der Waals surface area contributed by atoms with Crippen molar-refractivity contribution >= 4 is 23.2 Å². The van der Waals surface area contributed by atoms with Crippen LogP contribution in [0.4, 0.5) is 11.4 Å². The summed E-state index contributed by atoms with van der Waals surface area (Å²) in [7, 11) is 1.69. The number of hydrogen-bond acceptors (Lipinski definition) is 5. The van der Waals surface area contributed by atoms with Crippen LogP contribution in [0, 0.1) is 0 Å². The Morgan fingerprint density at radius 1 is 0.865 bits per heavy atom. The fraction of sp³-hybridized carbons (Fsp3) is 0.333. The zero-order chi connectivity index (χ0) is 25.6. The van der Waals surface area contributed by atoms with E-state index >= 15 is 0 Å². The summed E-state index contributed by atoms with van der Waals surface area (Å²) < 4.78 is 5.44. The average molecular weight is 499 g/mol. The Balaban J connectivity index is 1.34. The Labute approximate surface area is 218 Å². The molecule has 0 unspecified atom stereocenters. The van der Waals surface area contributed by atoms with Gasteiger partial charge in [-0.2, -0.15) is 0 Å². The topological polar surface area (TPSA) is 65.1 Å². The van der Waals surface area contributed by atoms with Gasteiger partial charge in [-0.3, -0.25) is 9.59 Å². The third-order valence-electron chi connectivity index (χ3n) is 7.09. The zero-order valence-corrected chi connectivity index (χ0v) is 21.4. The van der Waals surface area contributed by atoms with Crippen LogP contribution in [0.15, 0.2) is 72.8 Å². The highest BCUT2D eigenvalue weighted by atomic mass is 16.5. The largest absolute Gasteiger partial charge is 0.497 e. The molecule has 5 rings (SSSR count). The number of anilines is 2. The Morgan fingerprint density at radius 2 is 1.57 bits per heavy atom. The van der Waals surface area contributed by atoms with Gasteiger partial charge >= 0.3 is 0 Å². The lowest BCUT2D eigenvalue weighted by molar-refractivity contribution is -0.141. The maximum Gasteiger partial charge on any atom is 0.242 e. The molecule has 0 aliphatic carbocycles. The molecule has 3 aromatic rings. The molecule has 192 valence electrons. The van der Waals surface area contributed by atoms with Crippen LogP contribution in [0.3, 0.4) is 0 Å². The summed E-state index contributed by atoms with van der Waals surface area (Å²) in [5, 5.41) is 2.60. The van der Waals surface area contributed by atoms with E-state index < -0.39 is 0 Å².